The third kappa shape index (κ3) is 2.18. The molecule has 0 fully saturated rings. The molecule has 0 amide bonds. The average Bonchev–Trinajstić information content (AvgIpc) is 2.98. The molecule has 0 spiro atoms. The smallest absolute Gasteiger partial charge is 0.195 e. The molecule has 1 aromatic carbocycles. The van der Waals surface area contributed by atoms with Gasteiger partial charge < -0.3 is 9.72 Å². The van der Waals surface area contributed by atoms with E-state index >= 15 is 0 Å². The molecular weight excluding hydrogens is 380 g/mol. The van der Waals surface area contributed by atoms with Crippen LogP contribution in [0.4, 0.5) is 0 Å². The second kappa shape index (κ2) is 5.43. The predicted molar refractivity (Wildman–Crippen MR) is 102 cm³/mol. The van der Waals surface area contributed by atoms with Gasteiger partial charge >= 0.3 is 0 Å². The van der Waals surface area contributed by atoms with Crippen LogP contribution in [0.15, 0.2) is 28.9 Å². The number of methoxy groups -OCH3 is 1. The van der Waals surface area contributed by atoms with Gasteiger partial charge in [-0.1, -0.05) is 20.8 Å². The first-order valence-corrected chi connectivity index (χ1v) is 9.12. The Morgan fingerprint density at radius 1 is 1.28 bits per heavy atom. The molecule has 2 heterocycles. The molecule has 0 atom stereocenters. The topological polar surface area (TPSA) is 55.0 Å². The number of fused-ring (bicyclic) bond motifs is 4. The number of pyridine rings is 1. The summed E-state index contributed by atoms with van der Waals surface area (Å²) in [4.78, 5) is 21.2. The molecule has 0 bridgehead atoms. The fraction of sp³-hybridized carbons (Fsp3) is 0.300. The van der Waals surface area contributed by atoms with Gasteiger partial charge in [0.15, 0.2) is 5.78 Å². The molecule has 3 aromatic rings. The molecule has 128 valence electrons. The van der Waals surface area contributed by atoms with Gasteiger partial charge in [-0.05, 0) is 57.7 Å². The summed E-state index contributed by atoms with van der Waals surface area (Å²) < 4.78 is 6.30. The third-order valence-corrected chi connectivity index (χ3v) is 5.64. The van der Waals surface area contributed by atoms with E-state index < -0.39 is 0 Å². The van der Waals surface area contributed by atoms with E-state index in [2.05, 4.69) is 46.7 Å². The maximum absolute atomic E-state index is 13.3. The van der Waals surface area contributed by atoms with Gasteiger partial charge in [0.1, 0.15) is 16.0 Å². The number of nitrogens with zero attached hydrogens (tertiary/aromatic N) is 1. The first-order valence-electron chi connectivity index (χ1n) is 8.33. The Labute approximate surface area is 154 Å². The average molecular weight is 399 g/mol. The molecule has 1 aliphatic rings. The van der Waals surface area contributed by atoms with Crippen LogP contribution in [-0.4, -0.2) is 22.9 Å². The third-order valence-electron chi connectivity index (χ3n) is 5.20. The van der Waals surface area contributed by atoms with E-state index in [1.165, 1.54) is 0 Å². The van der Waals surface area contributed by atoms with Gasteiger partial charge in [-0.3, -0.25) is 4.79 Å². The number of aromatic amines is 1. The Balaban J connectivity index is 2.07. The molecule has 0 aliphatic heterocycles. The number of hydrogen-bond donors (Lipinski definition) is 1. The molecule has 4 rings (SSSR count). The molecule has 0 unspecified atom stereocenters. The molecule has 0 radical (unpaired) electrons. The number of aryl methyl sites for hydroxylation is 1. The number of carbonyl (C=O) groups excluding carboxylic acids is 1. The number of aromatic nitrogens is 2. The lowest BCUT2D eigenvalue weighted by Gasteiger charge is -2.32. The number of ether oxygens (including phenoxy) is 1. The van der Waals surface area contributed by atoms with Crippen LogP contribution in [0.2, 0.25) is 0 Å². The van der Waals surface area contributed by atoms with Crippen molar-refractivity contribution in [3.8, 4) is 5.75 Å². The minimum absolute atomic E-state index is 0.0528. The number of benzene rings is 1. The van der Waals surface area contributed by atoms with Crippen molar-refractivity contribution in [3.05, 3.63) is 56.8 Å². The van der Waals surface area contributed by atoms with Crippen LogP contribution in [0.3, 0.4) is 0 Å². The van der Waals surface area contributed by atoms with Crippen molar-refractivity contribution in [2.45, 2.75) is 32.6 Å². The van der Waals surface area contributed by atoms with Crippen molar-refractivity contribution in [1.29, 1.82) is 0 Å². The lowest BCUT2D eigenvalue weighted by atomic mass is 9.70. The van der Waals surface area contributed by atoms with Crippen molar-refractivity contribution in [2.24, 2.45) is 0 Å². The standard InChI is InChI=1S/C20H19BrN2O2/c1-5-10-8-12-13(9-14(10)25-4)20(2,3)18-16(17(12)24)11-6-7-15(21)22-19(11)23-18/h6-9H,5H2,1-4H3,(H,22,23). The number of hydrogen-bond acceptors (Lipinski definition) is 3. The second-order valence-electron chi connectivity index (χ2n) is 6.92. The highest BCUT2D eigenvalue weighted by atomic mass is 79.9. The van der Waals surface area contributed by atoms with E-state index in [4.69, 9.17) is 4.74 Å². The molecule has 0 saturated heterocycles. The van der Waals surface area contributed by atoms with Crippen molar-refractivity contribution in [3.63, 3.8) is 0 Å². The quantitative estimate of drug-likeness (QED) is 0.632. The number of H-pyrrole nitrogens is 1. The van der Waals surface area contributed by atoms with Crippen LogP contribution >= 0.6 is 15.9 Å². The summed E-state index contributed by atoms with van der Waals surface area (Å²) in [6.07, 6.45) is 0.819. The molecule has 5 heteroatoms. The van der Waals surface area contributed by atoms with Crippen molar-refractivity contribution < 1.29 is 9.53 Å². The Kier molecular flexibility index (Phi) is 3.55. The summed E-state index contributed by atoms with van der Waals surface area (Å²) in [5.74, 6) is 0.889. The zero-order valence-corrected chi connectivity index (χ0v) is 16.2. The number of ketones is 1. The molecule has 25 heavy (non-hydrogen) atoms. The van der Waals surface area contributed by atoms with E-state index in [9.17, 15) is 4.79 Å². The minimum atomic E-state index is -0.342. The summed E-state index contributed by atoms with van der Waals surface area (Å²) in [5, 5.41) is 0.871. The van der Waals surface area contributed by atoms with Gasteiger partial charge in [-0.2, -0.15) is 0 Å². The van der Waals surface area contributed by atoms with E-state index in [0.717, 1.165) is 55.8 Å². The van der Waals surface area contributed by atoms with E-state index in [1.807, 2.05) is 24.3 Å². The monoisotopic (exact) mass is 398 g/mol. The molecule has 1 N–H and O–H groups in total. The Bertz CT molecular complexity index is 1030. The predicted octanol–water partition coefficient (Wildman–Crippen LogP) is 4.77. The first kappa shape index (κ1) is 16.3. The maximum atomic E-state index is 13.3. The lowest BCUT2D eigenvalue weighted by molar-refractivity contribution is 0.103. The number of halogens is 1. The summed E-state index contributed by atoms with van der Waals surface area (Å²) in [5.41, 5.74) is 4.84. The highest BCUT2D eigenvalue weighted by Crippen LogP contribution is 2.45. The molecule has 1 aliphatic carbocycles. The molecule has 4 nitrogen and oxygen atoms in total. The van der Waals surface area contributed by atoms with E-state index in [0.29, 0.717) is 0 Å². The van der Waals surface area contributed by atoms with Crippen molar-refractivity contribution >= 4 is 32.7 Å². The number of rotatable bonds is 2. The zero-order valence-electron chi connectivity index (χ0n) is 14.7. The summed E-state index contributed by atoms with van der Waals surface area (Å²) in [6, 6.07) is 7.83. The molecule has 0 saturated carbocycles. The molecular formula is C20H19BrN2O2. The highest BCUT2D eigenvalue weighted by molar-refractivity contribution is 9.10. The fourth-order valence-corrected chi connectivity index (χ4v) is 4.13. The number of carbonyl (C=O) groups is 1. The van der Waals surface area contributed by atoms with Crippen LogP contribution in [0.25, 0.3) is 11.0 Å². The van der Waals surface area contributed by atoms with Gasteiger partial charge in [0, 0.05) is 22.1 Å². The van der Waals surface area contributed by atoms with Crippen LogP contribution in [-0.2, 0) is 11.8 Å². The SMILES string of the molecule is CCc1cc2c(cc1OC)C(C)(C)c1[nH]c3nc(Br)ccc3c1C2=O. The number of nitrogens with one attached hydrogen (secondary N) is 1. The largest absolute Gasteiger partial charge is 0.496 e. The van der Waals surface area contributed by atoms with Crippen LogP contribution in [0, 0.1) is 0 Å². The van der Waals surface area contributed by atoms with Crippen LogP contribution in [0.5, 0.6) is 5.75 Å². The van der Waals surface area contributed by atoms with Gasteiger partial charge in [0.25, 0.3) is 0 Å². The summed E-state index contributed by atoms with van der Waals surface area (Å²) in [6.45, 7) is 6.33. The highest BCUT2D eigenvalue weighted by Gasteiger charge is 2.40. The minimum Gasteiger partial charge on any atom is -0.496 e. The van der Waals surface area contributed by atoms with Crippen molar-refractivity contribution in [2.75, 3.05) is 7.11 Å². The van der Waals surface area contributed by atoms with E-state index in [-0.39, 0.29) is 11.2 Å². The summed E-state index contributed by atoms with van der Waals surface area (Å²) >= 11 is 3.40. The fourth-order valence-electron chi connectivity index (χ4n) is 3.82. The van der Waals surface area contributed by atoms with Gasteiger partial charge in [0.2, 0.25) is 0 Å². The molecule has 2 aromatic heterocycles. The first-order chi connectivity index (χ1) is 11.9. The summed E-state index contributed by atoms with van der Waals surface area (Å²) in [7, 11) is 1.67. The van der Waals surface area contributed by atoms with Gasteiger partial charge in [-0.25, -0.2) is 4.98 Å². The van der Waals surface area contributed by atoms with Gasteiger partial charge in [0.05, 0.1) is 12.7 Å². The maximum Gasteiger partial charge on any atom is 0.195 e. The second-order valence-corrected chi connectivity index (χ2v) is 7.73. The Morgan fingerprint density at radius 2 is 2.04 bits per heavy atom. The van der Waals surface area contributed by atoms with Crippen LogP contribution in [0.1, 0.15) is 53.5 Å². The zero-order chi connectivity index (χ0) is 17.9. The van der Waals surface area contributed by atoms with Gasteiger partial charge in [-0.15, -0.1) is 0 Å². The van der Waals surface area contributed by atoms with Crippen LogP contribution < -0.4 is 4.74 Å². The Hall–Kier alpha value is -2.14. The Morgan fingerprint density at radius 3 is 2.72 bits per heavy atom. The van der Waals surface area contributed by atoms with E-state index in [1.54, 1.807) is 7.11 Å². The van der Waals surface area contributed by atoms with Crippen molar-refractivity contribution in [1.82, 2.24) is 9.97 Å². The lowest BCUT2D eigenvalue weighted by Crippen LogP contribution is -2.30. The normalized spacial score (nSPS) is 15.2.